The van der Waals surface area contributed by atoms with Crippen LogP contribution in [0.25, 0.3) is 0 Å². The molecular formula is C15H17Cl2FN4O. The van der Waals surface area contributed by atoms with E-state index in [0.29, 0.717) is 10.6 Å². The minimum Gasteiger partial charge on any atom is -0.348 e. The lowest BCUT2D eigenvalue weighted by Crippen LogP contribution is -2.37. The van der Waals surface area contributed by atoms with Crippen molar-refractivity contribution in [2.75, 3.05) is 7.05 Å². The Labute approximate surface area is 143 Å². The van der Waals surface area contributed by atoms with Gasteiger partial charge in [0.2, 0.25) is 5.91 Å². The summed E-state index contributed by atoms with van der Waals surface area (Å²) in [6.07, 6.45) is 3.35. The average Bonchev–Trinajstić information content (AvgIpc) is 2.90. The summed E-state index contributed by atoms with van der Waals surface area (Å²) in [4.78, 5) is 12.5. The third kappa shape index (κ3) is 3.83. The molecule has 0 spiro atoms. The highest BCUT2D eigenvalue weighted by atomic mass is 35.5. The van der Waals surface area contributed by atoms with Crippen molar-refractivity contribution in [1.82, 2.24) is 20.4 Å². The molecule has 2 unspecified atom stereocenters. The number of hydrogen-bond acceptors (Lipinski definition) is 3. The van der Waals surface area contributed by atoms with Crippen molar-refractivity contribution >= 4 is 29.1 Å². The van der Waals surface area contributed by atoms with Gasteiger partial charge in [-0.2, -0.15) is 5.10 Å². The van der Waals surface area contributed by atoms with Gasteiger partial charge in [-0.3, -0.25) is 9.48 Å². The number of nitrogens with one attached hydrogen (secondary N) is 2. The van der Waals surface area contributed by atoms with E-state index in [4.69, 9.17) is 23.2 Å². The summed E-state index contributed by atoms with van der Waals surface area (Å²) < 4.78 is 15.2. The number of benzene rings is 1. The Morgan fingerprint density at radius 1 is 1.39 bits per heavy atom. The molecule has 23 heavy (non-hydrogen) atoms. The first kappa shape index (κ1) is 17.7. The number of rotatable bonds is 5. The van der Waals surface area contributed by atoms with Gasteiger partial charge < -0.3 is 10.6 Å². The summed E-state index contributed by atoms with van der Waals surface area (Å²) in [5.74, 6) is -0.867. The molecule has 1 aromatic heterocycles. The van der Waals surface area contributed by atoms with Crippen LogP contribution in [0.5, 0.6) is 0 Å². The third-order valence-corrected chi connectivity index (χ3v) is 4.19. The summed E-state index contributed by atoms with van der Waals surface area (Å²) in [7, 11) is 3.44. The van der Waals surface area contributed by atoms with Crippen molar-refractivity contribution in [3.05, 3.63) is 51.5 Å². The highest BCUT2D eigenvalue weighted by Gasteiger charge is 2.24. The predicted molar refractivity (Wildman–Crippen MR) is 88.0 cm³/mol. The first-order chi connectivity index (χ1) is 10.8. The van der Waals surface area contributed by atoms with E-state index >= 15 is 0 Å². The minimum absolute atomic E-state index is 0.0901. The molecule has 1 aromatic carbocycles. The minimum atomic E-state index is -0.586. The quantitative estimate of drug-likeness (QED) is 0.807. The van der Waals surface area contributed by atoms with E-state index in [1.54, 1.807) is 38.1 Å². The molecule has 0 aliphatic heterocycles. The molecule has 5 nitrogen and oxygen atoms in total. The lowest BCUT2D eigenvalue weighted by atomic mass is 10.1. The second kappa shape index (κ2) is 7.29. The van der Waals surface area contributed by atoms with Gasteiger partial charge in [0.15, 0.2) is 0 Å². The van der Waals surface area contributed by atoms with Crippen molar-refractivity contribution in [3.8, 4) is 0 Å². The molecule has 124 valence electrons. The zero-order chi connectivity index (χ0) is 17.1. The van der Waals surface area contributed by atoms with Gasteiger partial charge in [0, 0.05) is 29.4 Å². The molecule has 2 rings (SSSR count). The maximum Gasteiger partial charge on any atom is 0.242 e. The zero-order valence-corrected chi connectivity index (χ0v) is 14.4. The second-order valence-corrected chi connectivity index (χ2v) is 5.94. The van der Waals surface area contributed by atoms with Crippen LogP contribution < -0.4 is 10.6 Å². The number of aromatic nitrogens is 2. The van der Waals surface area contributed by atoms with Gasteiger partial charge in [-0.1, -0.05) is 23.2 Å². The highest BCUT2D eigenvalue weighted by molar-refractivity contribution is 6.36. The van der Waals surface area contributed by atoms with E-state index in [0.717, 1.165) is 5.56 Å². The lowest BCUT2D eigenvalue weighted by molar-refractivity contribution is -0.123. The van der Waals surface area contributed by atoms with E-state index in [9.17, 15) is 9.18 Å². The van der Waals surface area contributed by atoms with Gasteiger partial charge in [-0.25, -0.2) is 4.39 Å². The molecule has 2 aromatic rings. The van der Waals surface area contributed by atoms with Crippen molar-refractivity contribution in [3.63, 3.8) is 0 Å². The second-order valence-electron chi connectivity index (χ2n) is 5.16. The predicted octanol–water partition coefficient (Wildman–Crippen LogP) is 3.00. The number of carbonyl (C=O) groups excluding carboxylic acids is 1. The fourth-order valence-corrected chi connectivity index (χ4v) is 3.04. The molecule has 2 atom stereocenters. The Kier molecular flexibility index (Phi) is 5.62. The molecule has 1 heterocycles. The fraction of sp³-hybridized carbons (Fsp3) is 0.333. The monoisotopic (exact) mass is 358 g/mol. The summed E-state index contributed by atoms with van der Waals surface area (Å²) in [5, 5.41) is 9.97. The average molecular weight is 359 g/mol. The summed E-state index contributed by atoms with van der Waals surface area (Å²) in [6, 6.07) is 1.47. The van der Waals surface area contributed by atoms with Gasteiger partial charge >= 0.3 is 0 Å². The van der Waals surface area contributed by atoms with E-state index in [-0.39, 0.29) is 10.9 Å². The lowest BCUT2D eigenvalue weighted by Gasteiger charge is -2.21. The largest absolute Gasteiger partial charge is 0.348 e. The summed E-state index contributed by atoms with van der Waals surface area (Å²) in [6.45, 7) is 1.69. The molecule has 0 aliphatic rings. The van der Waals surface area contributed by atoms with Crippen molar-refractivity contribution < 1.29 is 9.18 Å². The number of hydrogen-bond donors (Lipinski definition) is 2. The van der Waals surface area contributed by atoms with Gasteiger partial charge in [0.25, 0.3) is 0 Å². The van der Waals surface area contributed by atoms with E-state index in [2.05, 4.69) is 15.7 Å². The van der Waals surface area contributed by atoms with Crippen molar-refractivity contribution in [1.29, 1.82) is 0 Å². The maximum atomic E-state index is 13.6. The smallest absolute Gasteiger partial charge is 0.242 e. The van der Waals surface area contributed by atoms with E-state index in [1.807, 2.05) is 0 Å². The molecule has 0 aliphatic carbocycles. The Balaban J connectivity index is 2.21. The van der Waals surface area contributed by atoms with E-state index < -0.39 is 17.9 Å². The van der Waals surface area contributed by atoms with Crippen LogP contribution in [0.15, 0.2) is 24.5 Å². The van der Waals surface area contributed by atoms with Crippen LogP contribution in [0.3, 0.4) is 0 Å². The number of halogens is 3. The molecule has 1 amide bonds. The molecule has 8 heteroatoms. The number of carbonyl (C=O) groups is 1. The Hall–Kier alpha value is -1.63. The summed E-state index contributed by atoms with van der Waals surface area (Å²) in [5.41, 5.74) is 1.07. The van der Waals surface area contributed by atoms with Crippen LogP contribution in [0.4, 0.5) is 4.39 Å². The Bertz CT molecular complexity index is 719. The van der Waals surface area contributed by atoms with Crippen LogP contribution in [0, 0.1) is 5.82 Å². The van der Waals surface area contributed by atoms with Crippen LogP contribution in [0.2, 0.25) is 10.0 Å². The highest BCUT2D eigenvalue weighted by Crippen LogP contribution is 2.32. The SMILES string of the molecule is CNC(C(=O)NC(C)c1c(Cl)ccc(F)c1Cl)c1cnn(C)c1. The number of nitrogens with zero attached hydrogens (tertiary/aromatic N) is 2. The van der Waals surface area contributed by atoms with Crippen LogP contribution in [0.1, 0.15) is 30.1 Å². The molecule has 0 radical (unpaired) electrons. The standard InChI is InChI=1S/C15H17Cl2FN4O/c1-8(12-10(16)4-5-11(18)13(12)17)21-15(23)14(19-2)9-6-20-22(3)7-9/h4-8,14,19H,1-3H3,(H,21,23). The molecule has 0 fully saturated rings. The number of aryl methyl sites for hydroxylation is 1. The Morgan fingerprint density at radius 2 is 2.09 bits per heavy atom. The first-order valence-electron chi connectivity index (χ1n) is 6.94. The Morgan fingerprint density at radius 3 is 2.65 bits per heavy atom. The van der Waals surface area contributed by atoms with Crippen LogP contribution in [-0.2, 0) is 11.8 Å². The first-order valence-corrected chi connectivity index (χ1v) is 7.70. The maximum absolute atomic E-state index is 13.6. The van der Waals surface area contributed by atoms with Gasteiger partial charge in [-0.15, -0.1) is 0 Å². The number of likely N-dealkylation sites (N-methyl/N-ethyl adjacent to an activating group) is 1. The zero-order valence-electron chi connectivity index (χ0n) is 12.9. The molecule has 0 bridgehead atoms. The molecule has 0 saturated carbocycles. The molecule has 0 saturated heterocycles. The summed E-state index contributed by atoms with van der Waals surface area (Å²) >= 11 is 12.1. The van der Waals surface area contributed by atoms with Crippen molar-refractivity contribution in [2.45, 2.75) is 19.0 Å². The van der Waals surface area contributed by atoms with Crippen LogP contribution >= 0.6 is 23.2 Å². The van der Waals surface area contributed by atoms with Gasteiger partial charge in [0.1, 0.15) is 11.9 Å². The van der Waals surface area contributed by atoms with Crippen LogP contribution in [-0.4, -0.2) is 22.7 Å². The third-order valence-electron chi connectivity index (χ3n) is 3.48. The number of amides is 1. The van der Waals surface area contributed by atoms with Crippen molar-refractivity contribution in [2.24, 2.45) is 7.05 Å². The molecule has 2 N–H and O–H groups in total. The van der Waals surface area contributed by atoms with Gasteiger partial charge in [-0.05, 0) is 26.1 Å². The normalized spacial score (nSPS) is 13.7. The molecular weight excluding hydrogens is 342 g/mol. The van der Waals surface area contributed by atoms with Gasteiger partial charge in [0.05, 0.1) is 17.3 Å². The van der Waals surface area contributed by atoms with E-state index in [1.165, 1.54) is 12.1 Å². The fourth-order valence-electron chi connectivity index (χ4n) is 2.35. The topological polar surface area (TPSA) is 59.0 Å².